The quantitative estimate of drug-likeness (QED) is 0.385. The molecule has 0 aromatic heterocycles. The predicted octanol–water partition coefficient (Wildman–Crippen LogP) is -0.121. The van der Waals surface area contributed by atoms with Crippen molar-refractivity contribution < 1.29 is 24.2 Å². The van der Waals surface area contributed by atoms with Crippen molar-refractivity contribution in [2.75, 3.05) is 6.61 Å². The summed E-state index contributed by atoms with van der Waals surface area (Å²) in [6, 6.07) is 6.68. The highest BCUT2D eigenvalue weighted by atomic mass is 16.5. The second-order valence-electron chi connectivity index (χ2n) is 4.67. The molecule has 8 heteroatoms. The van der Waals surface area contributed by atoms with Crippen LogP contribution in [0.15, 0.2) is 29.4 Å². The Kier molecular flexibility index (Phi) is 5.07. The van der Waals surface area contributed by atoms with E-state index in [1.165, 1.54) is 6.21 Å². The highest BCUT2D eigenvalue weighted by Crippen LogP contribution is 2.18. The van der Waals surface area contributed by atoms with Crippen molar-refractivity contribution >= 4 is 24.0 Å². The van der Waals surface area contributed by atoms with Crippen molar-refractivity contribution in [2.24, 2.45) is 5.10 Å². The molecule has 1 fully saturated rings. The van der Waals surface area contributed by atoms with Crippen LogP contribution in [0, 0.1) is 0 Å². The van der Waals surface area contributed by atoms with E-state index < -0.39 is 24.4 Å². The maximum atomic E-state index is 11.5. The van der Waals surface area contributed by atoms with Crippen LogP contribution >= 0.6 is 0 Å². The number of benzene rings is 1. The molecule has 1 aliphatic carbocycles. The summed E-state index contributed by atoms with van der Waals surface area (Å²) in [5.74, 6) is -2.37. The van der Waals surface area contributed by atoms with Crippen molar-refractivity contribution in [3.05, 3.63) is 29.8 Å². The molecule has 0 saturated heterocycles. The van der Waals surface area contributed by atoms with Crippen molar-refractivity contribution in [1.29, 1.82) is 0 Å². The van der Waals surface area contributed by atoms with Gasteiger partial charge in [-0.25, -0.2) is 10.2 Å². The van der Waals surface area contributed by atoms with Crippen LogP contribution in [0.4, 0.5) is 0 Å². The zero-order valence-electron chi connectivity index (χ0n) is 11.6. The summed E-state index contributed by atoms with van der Waals surface area (Å²) in [5, 5.41) is 14.8. The van der Waals surface area contributed by atoms with E-state index in [1.54, 1.807) is 24.3 Å². The number of carbonyl (C=O) groups excluding carboxylic acids is 2. The maximum absolute atomic E-state index is 11.5. The number of hydrogen-bond donors (Lipinski definition) is 3. The average molecular weight is 305 g/mol. The minimum Gasteiger partial charge on any atom is -0.481 e. The number of para-hydroxylation sites is 1. The third-order valence-electron chi connectivity index (χ3n) is 2.76. The third kappa shape index (κ3) is 4.89. The van der Waals surface area contributed by atoms with E-state index in [1.807, 2.05) is 0 Å². The Morgan fingerprint density at radius 2 is 2.00 bits per heavy atom. The number of amides is 2. The van der Waals surface area contributed by atoms with Crippen molar-refractivity contribution in [3.8, 4) is 5.75 Å². The summed E-state index contributed by atoms with van der Waals surface area (Å²) in [6.07, 6.45) is 3.05. The first kappa shape index (κ1) is 15.5. The molecular weight excluding hydrogens is 290 g/mol. The number of hydrazone groups is 1. The van der Waals surface area contributed by atoms with Gasteiger partial charge in [-0.1, -0.05) is 12.1 Å². The Labute approximate surface area is 126 Å². The van der Waals surface area contributed by atoms with Gasteiger partial charge in [0.1, 0.15) is 5.75 Å². The summed E-state index contributed by atoms with van der Waals surface area (Å²) >= 11 is 0. The van der Waals surface area contributed by atoms with Crippen LogP contribution in [0.1, 0.15) is 18.4 Å². The molecule has 116 valence electrons. The number of carbonyl (C=O) groups is 3. The van der Waals surface area contributed by atoms with E-state index in [0.717, 1.165) is 12.8 Å². The van der Waals surface area contributed by atoms with E-state index in [2.05, 4.69) is 15.8 Å². The molecule has 0 radical (unpaired) electrons. The standard InChI is InChI=1S/C14H15N3O5/c18-12(19)8-22-11-4-2-1-3-9(11)7-15-17-14(21)13(20)16-10-5-6-10/h1-4,7,10H,5-6,8H2,(H,16,20)(H,17,21)(H,18,19)/b15-7-. The highest BCUT2D eigenvalue weighted by Gasteiger charge is 2.26. The zero-order valence-corrected chi connectivity index (χ0v) is 11.6. The first-order valence-electron chi connectivity index (χ1n) is 6.64. The molecule has 0 atom stereocenters. The lowest BCUT2D eigenvalue weighted by Crippen LogP contribution is -2.38. The molecule has 0 aliphatic heterocycles. The van der Waals surface area contributed by atoms with E-state index in [9.17, 15) is 14.4 Å². The lowest BCUT2D eigenvalue weighted by molar-refractivity contribution is -0.139. The molecule has 0 unspecified atom stereocenters. The monoisotopic (exact) mass is 305 g/mol. The second kappa shape index (κ2) is 7.21. The molecule has 0 bridgehead atoms. The minimum absolute atomic E-state index is 0.0902. The first-order valence-corrected chi connectivity index (χ1v) is 6.64. The van der Waals surface area contributed by atoms with Gasteiger partial charge in [-0.3, -0.25) is 9.59 Å². The van der Waals surface area contributed by atoms with Gasteiger partial charge in [-0.15, -0.1) is 0 Å². The highest BCUT2D eigenvalue weighted by molar-refractivity contribution is 6.35. The molecule has 0 heterocycles. The Bertz CT molecular complexity index is 610. The lowest BCUT2D eigenvalue weighted by atomic mass is 10.2. The molecule has 1 aromatic carbocycles. The largest absolute Gasteiger partial charge is 0.481 e. The molecule has 0 spiro atoms. The van der Waals surface area contributed by atoms with Crippen molar-refractivity contribution in [3.63, 3.8) is 0 Å². The topological polar surface area (TPSA) is 117 Å². The molecule has 1 saturated carbocycles. The number of nitrogens with one attached hydrogen (secondary N) is 2. The number of aliphatic carboxylic acids is 1. The zero-order chi connectivity index (χ0) is 15.9. The van der Waals surface area contributed by atoms with Gasteiger partial charge in [0.25, 0.3) is 0 Å². The van der Waals surface area contributed by atoms with E-state index in [-0.39, 0.29) is 6.04 Å². The number of ether oxygens (including phenoxy) is 1. The fraction of sp³-hybridized carbons (Fsp3) is 0.286. The summed E-state index contributed by atoms with van der Waals surface area (Å²) in [6.45, 7) is -0.485. The van der Waals surface area contributed by atoms with Gasteiger partial charge in [-0.05, 0) is 25.0 Å². The SMILES string of the molecule is O=C(O)COc1ccccc1/C=N\NC(=O)C(=O)NC1CC1. The van der Waals surface area contributed by atoms with Crippen LogP contribution in [0.3, 0.4) is 0 Å². The van der Waals surface area contributed by atoms with Gasteiger partial charge < -0.3 is 15.2 Å². The normalized spacial score (nSPS) is 13.6. The van der Waals surface area contributed by atoms with Gasteiger partial charge in [0, 0.05) is 11.6 Å². The molecule has 2 amide bonds. The van der Waals surface area contributed by atoms with E-state index >= 15 is 0 Å². The van der Waals surface area contributed by atoms with Gasteiger partial charge >= 0.3 is 17.8 Å². The maximum Gasteiger partial charge on any atom is 0.341 e. The Morgan fingerprint density at radius 3 is 2.68 bits per heavy atom. The van der Waals surface area contributed by atoms with Crippen LogP contribution in [-0.2, 0) is 14.4 Å². The van der Waals surface area contributed by atoms with Crippen molar-refractivity contribution in [2.45, 2.75) is 18.9 Å². The molecule has 8 nitrogen and oxygen atoms in total. The molecule has 1 aliphatic rings. The van der Waals surface area contributed by atoms with Crippen LogP contribution in [0.2, 0.25) is 0 Å². The number of hydrogen-bond acceptors (Lipinski definition) is 5. The van der Waals surface area contributed by atoms with Crippen LogP contribution < -0.4 is 15.5 Å². The molecule has 22 heavy (non-hydrogen) atoms. The van der Waals surface area contributed by atoms with Crippen molar-refractivity contribution in [1.82, 2.24) is 10.7 Å². The number of nitrogens with zero attached hydrogens (tertiary/aromatic N) is 1. The van der Waals surface area contributed by atoms with Gasteiger partial charge in [0.05, 0.1) is 6.21 Å². The second-order valence-corrected chi connectivity index (χ2v) is 4.67. The predicted molar refractivity (Wildman–Crippen MR) is 76.5 cm³/mol. The lowest BCUT2D eigenvalue weighted by Gasteiger charge is -2.06. The fourth-order valence-corrected chi connectivity index (χ4v) is 1.55. The molecular formula is C14H15N3O5. The number of carboxylic acids is 1. The Hall–Kier alpha value is -2.90. The average Bonchev–Trinajstić information content (AvgIpc) is 3.30. The summed E-state index contributed by atoms with van der Waals surface area (Å²) < 4.78 is 5.08. The van der Waals surface area contributed by atoms with Gasteiger partial charge in [0.15, 0.2) is 6.61 Å². The molecule has 2 rings (SSSR count). The van der Waals surface area contributed by atoms with E-state index in [0.29, 0.717) is 11.3 Å². The first-order chi connectivity index (χ1) is 10.6. The smallest absolute Gasteiger partial charge is 0.341 e. The van der Waals surface area contributed by atoms with Crippen LogP contribution in [0.5, 0.6) is 5.75 Å². The fourth-order valence-electron chi connectivity index (χ4n) is 1.55. The summed E-state index contributed by atoms with van der Waals surface area (Å²) in [7, 11) is 0. The Balaban J connectivity index is 1.90. The summed E-state index contributed by atoms with van der Waals surface area (Å²) in [5.41, 5.74) is 2.58. The van der Waals surface area contributed by atoms with Crippen LogP contribution in [0.25, 0.3) is 0 Å². The summed E-state index contributed by atoms with van der Waals surface area (Å²) in [4.78, 5) is 33.3. The van der Waals surface area contributed by atoms with Gasteiger partial charge in [0.2, 0.25) is 0 Å². The molecule has 1 aromatic rings. The minimum atomic E-state index is -1.10. The molecule has 3 N–H and O–H groups in total. The van der Waals surface area contributed by atoms with Crippen LogP contribution in [-0.4, -0.2) is 41.8 Å². The Morgan fingerprint density at radius 1 is 1.27 bits per heavy atom. The van der Waals surface area contributed by atoms with Gasteiger partial charge in [-0.2, -0.15) is 5.10 Å². The third-order valence-corrected chi connectivity index (χ3v) is 2.76. The number of carboxylic acid groups (broad SMARTS) is 1. The number of rotatable bonds is 6. The van der Waals surface area contributed by atoms with E-state index in [4.69, 9.17) is 9.84 Å².